The normalized spacial score (nSPS) is 14.8. The zero-order chi connectivity index (χ0) is 13.2. The van der Waals surface area contributed by atoms with Crippen LogP contribution in [0.25, 0.3) is 0 Å². The Morgan fingerprint density at radius 3 is 2.89 bits per heavy atom. The number of benzene rings is 1. The summed E-state index contributed by atoms with van der Waals surface area (Å²) in [5, 5.41) is 7.41. The largest absolute Gasteiger partial charge is 0.307 e. The van der Waals surface area contributed by atoms with Crippen LogP contribution in [0.4, 0.5) is 8.78 Å². The molecule has 1 N–H and O–H groups in total. The van der Waals surface area contributed by atoms with Gasteiger partial charge in [0, 0.05) is 17.7 Å². The summed E-state index contributed by atoms with van der Waals surface area (Å²) in [5.74, 6) is -0.373. The van der Waals surface area contributed by atoms with E-state index in [0.29, 0.717) is 18.2 Å². The Labute approximate surface area is 109 Å². The van der Waals surface area contributed by atoms with Gasteiger partial charge in [-0.2, -0.15) is 5.10 Å². The summed E-state index contributed by atoms with van der Waals surface area (Å²) in [6.07, 6.45) is 3.84. The zero-order valence-corrected chi connectivity index (χ0v) is 10.3. The Kier molecular flexibility index (Phi) is 3.25. The maximum absolute atomic E-state index is 13.6. The van der Waals surface area contributed by atoms with Gasteiger partial charge in [0.1, 0.15) is 23.8 Å². The van der Waals surface area contributed by atoms with E-state index in [2.05, 4.69) is 15.4 Å². The molecule has 2 aromatic rings. The van der Waals surface area contributed by atoms with E-state index in [4.69, 9.17) is 0 Å². The number of nitrogens with one attached hydrogen (secondary N) is 1. The fraction of sp³-hybridized carbons (Fsp3) is 0.385. The van der Waals surface area contributed by atoms with E-state index in [1.807, 2.05) is 0 Å². The molecule has 100 valence electrons. The van der Waals surface area contributed by atoms with E-state index >= 15 is 0 Å². The fourth-order valence-electron chi connectivity index (χ4n) is 1.89. The molecule has 19 heavy (non-hydrogen) atoms. The number of halogens is 2. The number of hydrogen-bond acceptors (Lipinski definition) is 3. The van der Waals surface area contributed by atoms with Gasteiger partial charge in [-0.05, 0) is 18.9 Å². The molecule has 1 aromatic carbocycles. The molecule has 0 radical (unpaired) electrons. The molecule has 0 aliphatic heterocycles. The van der Waals surface area contributed by atoms with Crippen LogP contribution in [0.1, 0.15) is 24.2 Å². The minimum absolute atomic E-state index is 0.258. The first-order valence-electron chi connectivity index (χ1n) is 6.26. The smallest absolute Gasteiger partial charge is 0.141 e. The van der Waals surface area contributed by atoms with Gasteiger partial charge in [-0.25, -0.2) is 18.4 Å². The molecular formula is C13H14F2N4. The summed E-state index contributed by atoms with van der Waals surface area (Å²) in [6, 6.07) is 4.14. The van der Waals surface area contributed by atoms with Crippen molar-refractivity contribution in [2.45, 2.75) is 32.0 Å². The van der Waals surface area contributed by atoms with Gasteiger partial charge in [-0.3, -0.25) is 0 Å². The average molecular weight is 264 g/mol. The maximum Gasteiger partial charge on any atom is 0.141 e. The number of aromatic nitrogens is 3. The van der Waals surface area contributed by atoms with E-state index in [1.165, 1.54) is 31.3 Å². The lowest BCUT2D eigenvalue weighted by atomic mass is 10.2. The molecule has 0 atom stereocenters. The molecule has 0 amide bonds. The number of nitrogens with zero attached hydrogens (tertiary/aromatic N) is 3. The third-order valence-corrected chi connectivity index (χ3v) is 3.16. The fourth-order valence-corrected chi connectivity index (χ4v) is 1.89. The molecular weight excluding hydrogens is 250 g/mol. The highest BCUT2D eigenvalue weighted by atomic mass is 19.1. The van der Waals surface area contributed by atoms with Crippen LogP contribution >= 0.6 is 0 Å². The molecule has 4 nitrogen and oxygen atoms in total. The highest BCUT2D eigenvalue weighted by molar-refractivity contribution is 5.18. The topological polar surface area (TPSA) is 42.7 Å². The van der Waals surface area contributed by atoms with Crippen molar-refractivity contribution < 1.29 is 8.78 Å². The third kappa shape index (κ3) is 2.96. The molecule has 0 bridgehead atoms. The Hall–Kier alpha value is -1.82. The first-order chi connectivity index (χ1) is 9.22. The molecule has 1 saturated carbocycles. The van der Waals surface area contributed by atoms with Gasteiger partial charge in [0.2, 0.25) is 0 Å². The summed E-state index contributed by atoms with van der Waals surface area (Å²) < 4.78 is 28.0. The van der Waals surface area contributed by atoms with Crippen molar-refractivity contribution >= 4 is 0 Å². The van der Waals surface area contributed by atoms with Crippen molar-refractivity contribution in [3.05, 3.63) is 47.5 Å². The molecule has 1 heterocycles. The Morgan fingerprint density at radius 1 is 1.32 bits per heavy atom. The molecule has 1 aromatic heterocycles. The van der Waals surface area contributed by atoms with Crippen molar-refractivity contribution in [1.29, 1.82) is 0 Å². The van der Waals surface area contributed by atoms with E-state index in [1.54, 1.807) is 4.68 Å². The zero-order valence-electron chi connectivity index (χ0n) is 10.3. The lowest BCUT2D eigenvalue weighted by molar-refractivity contribution is 0.542. The quantitative estimate of drug-likeness (QED) is 0.896. The van der Waals surface area contributed by atoms with Crippen molar-refractivity contribution in [2.24, 2.45) is 0 Å². The summed E-state index contributed by atoms with van der Waals surface area (Å²) in [4.78, 5) is 4.15. The predicted molar refractivity (Wildman–Crippen MR) is 65.3 cm³/mol. The summed E-state index contributed by atoms with van der Waals surface area (Å²) in [6.45, 7) is 0.876. The van der Waals surface area contributed by atoms with Gasteiger partial charge in [0.05, 0.1) is 13.1 Å². The van der Waals surface area contributed by atoms with Gasteiger partial charge in [-0.1, -0.05) is 6.07 Å². The minimum Gasteiger partial charge on any atom is -0.307 e. The highest BCUT2D eigenvalue weighted by Gasteiger charge is 2.21. The van der Waals surface area contributed by atoms with Crippen LogP contribution in [0.2, 0.25) is 0 Å². The first kappa shape index (κ1) is 12.2. The second-order valence-electron chi connectivity index (χ2n) is 4.72. The maximum atomic E-state index is 13.6. The first-order valence-corrected chi connectivity index (χ1v) is 6.26. The van der Waals surface area contributed by atoms with E-state index in [9.17, 15) is 8.78 Å². The van der Waals surface area contributed by atoms with Crippen LogP contribution in [0.3, 0.4) is 0 Å². The standard InChI is InChI=1S/C13H14F2N4/c14-10-2-1-9(12(15)5-10)7-19-13(17-8-18-19)6-16-11-3-4-11/h1-2,5,8,11,16H,3-4,6-7H2. The second kappa shape index (κ2) is 5.05. The SMILES string of the molecule is Fc1ccc(Cn2ncnc2CNC2CC2)c(F)c1. The molecule has 1 fully saturated rings. The van der Waals surface area contributed by atoms with Gasteiger partial charge in [-0.15, -0.1) is 0 Å². The number of hydrogen-bond donors (Lipinski definition) is 1. The lowest BCUT2D eigenvalue weighted by Gasteiger charge is -2.07. The average Bonchev–Trinajstić information content (AvgIpc) is 3.11. The summed E-state index contributed by atoms with van der Waals surface area (Å²) in [5.41, 5.74) is 0.402. The van der Waals surface area contributed by atoms with Gasteiger partial charge >= 0.3 is 0 Å². The van der Waals surface area contributed by atoms with Crippen LogP contribution < -0.4 is 5.32 Å². The van der Waals surface area contributed by atoms with Crippen LogP contribution in [-0.4, -0.2) is 20.8 Å². The van der Waals surface area contributed by atoms with Gasteiger partial charge in [0.15, 0.2) is 0 Å². The molecule has 0 unspecified atom stereocenters. The lowest BCUT2D eigenvalue weighted by Crippen LogP contribution is -2.20. The summed E-state index contributed by atoms with van der Waals surface area (Å²) in [7, 11) is 0. The molecule has 0 saturated heterocycles. The number of rotatable bonds is 5. The van der Waals surface area contributed by atoms with Crippen molar-refractivity contribution in [2.75, 3.05) is 0 Å². The van der Waals surface area contributed by atoms with Crippen molar-refractivity contribution in [3.8, 4) is 0 Å². The van der Waals surface area contributed by atoms with Crippen molar-refractivity contribution in [3.63, 3.8) is 0 Å². The van der Waals surface area contributed by atoms with Crippen LogP contribution in [-0.2, 0) is 13.1 Å². The van der Waals surface area contributed by atoms with E-state index < -0.39 is 11.6 Å². The van der Waals surface area contributed by atoms with Gasteiger partial charge in [0.25, 0.3) is 0 Å². The van der Waals surface area contributed by atoms with E-state index in [-0.39, 0.29) is 6.54 Å². The van der Waals surface area contributed by atoms with Gasteiger partial charge < -0.3 is 5.32 Å². The molecule has 6 heteroatoms. The van der Waals surface area contributed by atoms with Crippen molar-refractivity contribution in [1.82, 2.24) is 20.1 Å². The van der Waals surface area contributed by atoms with E-state index in [0.717, 1.165) is 11.9 Å². The van der Waals surface area contributed by atoms with Crippen LogP contribution in [0.5, 0.6) is 0 Å². The minimum atomic E-state index is -0.574. The molecule has 1 aliphatic rings. The molecule has 3 rings (SSSR count). The van der Waals surface area contributed by atoms with Crippen LogP contribution in [0, 0.1) is 11.6 Å². The highest BCUT2D eigenvalue weighted by Crippen LogP contribution is 2.19. The summed E-state index contributed by atoms with van der Waals surface area (Å²) >= 11 is 0. The Morgan fingerprint density at radius 2 is 2.16 bits per heavy atom. The Bertz CT molecular complexity index is 578. The molecule has 1 aliphatic carbocycles. The predicted octanol–water partition coefficient (Wildman–Crippen LogP) is 1.86. The monoisotopic (exact) mass is 264 g/mol. The molecule has 0 spiro atoms. The second-order valence-corrected chi connectivity index (χ2v) is 4.72. The Balaban J connectivity index is 1.73. The third-order valence-electron chi connectivity index (χ3n) is 3.16. The van der Waals surface area contributed by atoms with Crippen LogP contribution in [0.15, 0.2) is 24.5 Å².